The van der Waals surface area contributed by atoms with E-state index in [9.17, 15) is 0 Å². The van der Waals surface area contributed by atoms with Crippen LogP contribution < -0.4 is 5.55 Å². The van der Waals surface area contributed by atoms with Crippen LogP contribution in [0.1, 0.15) is 25.0 Å². The van der Waals surface area contributed by atoms with Crippen molar-refractivity contribution in [2.24, 2.45) is 0 Å². The largest absolute Gasteiger partial charge is 0.420 e. The highest BCUT2D eigenvalue weighted by Crippen LogP contribution is 2.24. The molecule has 3 heteroatoms. The molecule has 0 aliphatic carbocycles. The number of para-hydroxylation sites is 1. The zero-order valence-corrected chi connectivity index (χ0v) is 11.2. The fourth-order valence-corrected chi connectivity index (χ4v) is 2.63. The van der Waals surface area contributed by atoms with Crippen molar-refractivity contribution in [1.29, 1.82) is 5.41 Å². The van der Waals surface area contributed by atoms with Crippen LogP contribution in [0, 0.1) is 5.41 Å². The molecule has 0 radical (unpaired) electrons. The third kappa shape index (κ3) is 1.82. The second kappa shape index (κ2) is 4.50. The first kappa shape index (κ1) is 11.9. The average molecular weight is 252 g/mol. The number of hydrogen-bond donors (Lipinski definition) is 1. The number of nitrogens with one attached hydrogen (secondary N) is 1. The maximum absolute atomic E-state index is 8.00. The molecule has 2 aromatic heterocycles. The van der Waals surface area contributed by atoms with Gasteiger partial charge in [-0.05, 0) is 30.5 Å². The number of benzene rings is 1. The molecule has 0 bridgehead atoms. The summed E-state index contributed by atoms with van der Waals surface area (Å²) in [5, 5.41) is 10.1. The van der Waals surface area contributed by atoms with Crippen LogP contribution >= 0.6 is 0 Å². The van der Waals surface area contributed by atoms with Gasteiger partial charge in [-0.15, -0.1) is 0 Å². The molecule has 3 nitrogen and oxygen atoms in total. The van der Waals surface area contributed by atoms with E-state index in [1.54, 1.807) is 0 Å². The van der Waals surface area contributed by atoms with Crippen molar-refractivity contribution in [3.8, 4) is 0 Å². The summed E-state index contributed by atoms with van der Waals surface area (Å²) in [6.45, 7) is 4.17. The highest BCUT2D eigenvalue weighted by atomic mass is 16.3. The predicted octanol–water partition coefficient (Wildman–Crippen LogP) is 3.59. The molecule has 0 unspecified atom stereocenters. The average Bonchev–Trinajstić information content (AvgIpc) is 2.43. The van der Waals surface area contributed by atoms with Gasteiger partial charge in [0.15, 0.2) is 0 Å². The number of hydrogen-bond acceptors (Lipinski definition) is 3. The summed E-state index contributed by atoms with van der Waals surface area (Å²) in [5.74, 6) is 0. The van der Waals surface area contributed by atoms with Crippen LogP contribution in [0.3, 0.4) is 0 Å². The van der Waals surface area contributed by atoms with E-state index in [0.717, 1.165) is 34.7 Å². The van der Waals surface area contributed by atoms with Gasteiger partial charge in [-0.3, -0.25) is 5.41 Å². The van der Waals surface area contributed by atoms with E-state index >= 15 is 0 Å². The molecular weight excluding hydrogens is 236 g/mol. The zero-order valence-electron chi connectivity index (χ0n) is 11.2. The van der Waals surface area contributed by atoms with Crippen LogP contribution in [0.25, 0.3) is 22.0 Å². The van der Waals surface area contributed by atoms with Gasteiger partial charge < -0.3 is 4.42 Å². The molecule has 0 aliphatic heterocycles. The zero-order chi connectivity index (χ0) is 13.4. The molecule has 3 aromatic rings. The van der Waals surface area contributed by atoms with Crippen molar-refractivity contribution in [2.75, 3.05) is 0 Å². The lowest BCUT2D eigenvalue weighted by molar-refractivity contribution is 0.512. The highest BCUT2D eigenvalue weighted by molar-refractivity contribution is 5.92. The summed E-state index contributed by atoms with van der Waals surface area (Å²) < 4.78 is 5.59. The Morgan fingerprint density at radius 2 is 1.84 bits per heavy atom. The van der Waals surface area contributed by atoms with Crippen molar-refractivity contribution in [3.05, 3.63) is 47.0 Å². The number of pyridine rings is 1. The van der Waals surface area contributed by atoms with E-state index in [-0.39, 0.29) is 5.55 Å². The first-order valence-corrected chi connectivity index (χ1v) is 6.63. The first-order chi connectivity index (χ1) is 9.24. The van der Waals surface area contributed by atoms with Crippen molar-refractivity contribution in [3.63, 3.8) is 0 Å². The number of nitrogens with zero attached hydrogens (tertiary/aromatic N) is 1. The SMILES string of the molecule is CCc1c(CC)c2cc3ccccc3nc2oc1=N. The molecule has 2 heterocycles. The molecular formula is C16H16N2O. The van der Waals surface area contributed by atoms with Gasteiger partial charge in [0.2, 0.25) is 11.3 Å². The van der Waals surface area contributed by atoms with Crippen LogP contribution in [-0.2, 0) is 12.8 Å². The first-order valence-electron chi connectivity index (χ1n) is 6.63. The van der Waals surface area contributed by atoms with Crippen molar-refractivity contribution in [1.82, 2.24) is 4.98 Å². The molecule has 0 fully saturated rings. The number of fused-ring (bicyclic) bond motifs is 2. The fraction of sp³-hybridized carbons (Fsp3) is 0.250. The molecule has 0 saturated heterocycles. The fourth-order valence-electron chi connectivity index (χ4n) is 2.63. The summed E-state index contributed by atoms with van der Waals surface area (Å²) in [7, 11) is 0. The Labute approximate surface area is 111 Å². The number of rotatable bonds is 2. The van der Waals surface area contributed by atoms with Gasteiger partial charge in [-0.25, -0.2) is 4.98 Å². The van der Waals surface area contributed by atoms with E-state index in [2.05, 4.69) is 31.0 Å². The molecule has 0 saturated carbocycles. The Morgan fingerprint density at radius 3 is 2.58 bits per heavy atom. The molecule has 0 aliphatic rings. The molecule has 1 N–H and O–H groups in total. The second-order valence-corrected chi connectivity index (χ2v) is 4.63. The van der Waals surface area contributed by atoms with Gasteiger partial charge in [0.1, 0.15) is 0 Å². The Kier molecular flexibility index (Phi) is 2.82. The van der Waals surface area contributed by atoms with E-state index in [1.807, 2.05) is 18.2 Å². The van der Waals surface area contributed by atoms with Crippen LogP contribution in [-0.4, -0.2) is 4.98 Å². The maximum atomic E-state index is 8.00. The Morgan fingerprint density at radius 1 is 1.11 bits per heavy atom. The van der Waals surface area contributed by atoms with Gasteiger partial charge in [0.25, 0.3) is 0 Å². The number of aromatic nitrogens is 1. The van der Waals surface area contributed by atoms with Crippen LogP contribution in [0.15, 0.2) is 34.7 Å². The molecule has 19 heavy (non-hydrogen) atoms. The summed E-state index contributed by atoms with van der Waals surface area (Å²) in [6.07, 6.45) is 1.70. The third-order valence-corrected chi connectivity index (χ3v) is 3.56. The van der Waals surface area contributed by atoms with Gasteiger partial charge in [0, 0.05) is 16.3 Å². The summed E-state index contributed by atoms with van der Waals surface area (Å²) >= 11 is 0. The van der Waals surface area contributed by atoms with Crippen molar-refractivity contribution < 1.29 is 4.42 Å². The van der Waals surface area contributed by atoms with Crippen molar-refractivity contribution >= 4 is 22.0 Å². The second-order valence-electron chi connectivity index (χ2n) is 4.63. The van der Waals surface area contributed by atoms with Crippen LogP contribution in [0.2, 0.25) is 0 Å². The Balaban J connectivity index is 2.50. The summed E-state index contributed by atoms with van der Waals surface area (Å²) in [5.41, 5.74) is 3.90. The molecule has 96 valence electrons. The molecule has 0 spiro atoms. The van der Waals surface area contributed by atoms with Crippen LogP contribution in [0.5, 0.6) is 0 Å². The van der Waals surface area contributed by atoms with E-state index in [0.29, 0.717) is 5.71 Å². The van der Waals surface area contributed by atoms with E-state index in [1.165, 1.54) is 5.56 Å². The predicted molar refractivity (Wildman–Crippen MR) is 76.1 cm³/mol. The van der Waals surface area contributed by atoms with E-state index < -0.39 is 0 Å². The molecule has 3 rings (SSSR count). The summed E-state index contributed by atoms with van der Waals surface area (Å²) in [4.78, 5) is 4.54. The van der Waals surface area contributed by atoms with Gasteiger partial charge in [-0.2, -0.15) is 0 Å². The maximum Gasteiger partial charge on any atom is 0.229 e. The molecule has 1 aromatic carbocycles. The topological polar surface area (TPSA) is 49.9 Å². The quantitative estimate of drug-likeness (QED) is 0.709. The van der Waals surface area contributed by atoms with Gasteiger partial charge in [-0.1, -0.05) is 32.0 Å². The van der Waals surface area contributed by atoms with Gasteiger partial charge >= 0.3 is 0 Å². The van der Waals surface area contributed by atoms with Crippen molar-refractivity contribution in [2.45, 2.75) is 26.7 Å². The normalized spacial score (nSPS) is 11.3. The summed E-state index contributed by atoms with van der Waals surface area (Å²) in [6, 6.07) is 10.1. The third-order valence-electron chi connectivity index (χ3n) is 3.56. The number of aryl methyl sites for hydroxylation is 1. The molecule has 0 amide bonds. The van der Waals surface area contributed by atoms with Gasteiger partial charge in [0.05, 0.1) is 5.52 Å². The monoisotopic (exact) mass is 252 g/mol. The minimum Gasteiger partial charge on any atom is -0.420 e. The Hall–Kier alpha value is -2.16. The van der Waals surface area contributed by atoms with E-state index in [4.69, 9.17) is 9.83 Å². The highest BCUT2D eigenvalue weighted by Gasteiger charge is 2.11. The van der Waals surface area contributed by atoms with Crippen LogP contribution in [0.4, 0.5) is 0 Å². The Bertz CT molecular complexity index is 818. The smallest absolute Gasteiger partial charge is 0.229 e. The lowest BCUT2D eigenvalue weighted by Gasteiger charge is -2.09. The minimum absolute atomic E-state index is 0.245. The lowest BCUT2D eigenvalue weighted by atomic mass is 10.0. The lowest BCUT2D eigenvalue weighted by Crippen LogP contribution is -2.11. The molecule has 0 atom stereocenters. The minimum atomic E-state index is 0.245. The standard InChI is InChI=1S/C16H16N2O/c1-3-11-12(4-2)15(17)19-16-13(11)9-10-7-5-6-8-14(10)18-16/h5-9,17H,3-4H2,1-2H3.